The Bertz CT molecular complexity index is 499. The second-order valence-corrected chi connectivity index (χ2v) is 26.3. The van der Waals surface area contributed by atoms with Gasteiger partial charge in [0.1, 0.15) is 0 Å². The Balaban J connectivity index is 3.53. The summed E-state index contributed by atoms with van der Waals surface area (Å²) in [5.74, 6) is 0. The van der Waals surface area contributed by atoms with Crippen LogP contribution in [0, 0.1) is 0 Å². The van der Waals surface area contributed by atoms with Crippen molar-refractivity contribution in [2.75, 3.05) is 0 Å². The minimum atomic E-state index is 0.401. The predicted octanol–water partition coefficient (Wildman–Crippen LogP) is 3.88. The second kappa shape index (κ2) is 8.98. The van der Waals surface area contributed by atoms with Crippen molar-refractivity contribution in [3.05, 3.63) is 12.1 Å². The summed E-state index contributed by atoms with van der Waals surface area (Å²) in [6, 6.07) is 5.31. The first kappa shape index (κ1) is 25.3. The Morgan fingerprint density at radius 1 is 0.385 bits per heavy atom. The minimum absolute atomic E-state index is 0.401. The molecule has 0 N–H and O–H groups in total. The van der Waals surface area contributed by atoms with E-state index >= 15 is 0 Å². The number of hydrogen-bond donors (Lipinski definition) is 0. The average Bonchev–Trinajstić information content (AvgIpc) is 2.26. The summed E-state index contributed by atoms with van der Waals surface area (Å²) < 4.78 is 8.36. The van der Waals surface area contributed by atoms with Gasteiger partial charge in [-0.15, -0.1) is 0 Å². The van der Waals surface area contributed by atoms with Crippen molar-refractivity contribution in [2.45, 2.75) is 100 Å². The fourth-order valence-electron chi connectivity index (χ4n) is 2.16. The van der Waals surface area contributed by atoms with Crippen LogP contribution in [0.15, 0.2) is 12.1 Å². The maximum atomic E-state index is 2.65. The van der Waals surface area contributed by atoms with Gasteiger partial charge in [0.15, 0.2) is 0 Å². The number of benzene rings is 1. The third-order valence-corrected chi connectivity index (χ3v) is 13.8. The van der Waals surface area contributed by atoms with Crippen molar-refractivity contribution in [3.8, 4) is 0 Å². The van der Waals surface area contributed by atoms with Crippen molar-refractivity contribution in [1.82, 2.24) is 0 Å². The van der Waals surface area contributed by atoms with E-state index in [1.54, 1.807) is 17.8 Å². The topological polar surface area (TPSA) is 0 Å². The molecule has 0 amide bonds. The fraction of sp³-hybridized carbons (Fsp3) is 0.727. The van der Waals surface area contributed by atoms with E-state index in [0.717, 1.165) is 0 Å². The van der Waals surface area contributed by atoms with Crippen LogP contribution in [0.4, 0.5) is 0 Å². The average molecular weight is 618 g/mol. The number of hydrogen-bond acceptors (Lipinski definition) is 0. The van der Waals surface area contributed by atoms with E-state index in [1.165, 1.54) is 0 Å². The van der Waals surface area contributed by atoms with Gasteiger partial charge in [-0.1, -0.05) is 0 Å². The summed E-state index contributed by atoms with van der Waals surface area (Å²) in [5.41, 5.74) is 0. The van der Waals surface area contributed by atoms with Gasteiger partial charge in [-0.25, -0.2) is 0 Å². The molecule has 4 heteroatoms. The molecule has 0 aliphatic heterocycles. The van der Waals surface area contributed by atoms with Crippen molar-refractivity contribution in [2.24, 2.45) is 0 Å². The van der Waals surface area contributed by atoms with E-state index in [2.05, 4.69) is 95.2 Å². The zero-order valence-electron chi connectivity index (χ0n) is 18.8. The van der Waals surface area contributed by atoms with Crippen LogP contribution in [0.25, 0.3) is 0 Å². The van der Waals surface area contributed by atoms with Crippen molar-refractivity contribution < 1.29 is 0 Å². The predicted molar refractivity (Wildman–Crippen MR) is 127 cm³/mol. The molecule has 0 aliphatic rings. The Kier molecular flexibility index (Phi) is 8.75. The van der Waals surface area contributed by atoms with E-state index < -0.39 is 0 Å². The quantitative estimate of drug-likeness (QED) is 0.450. The summed E-state index contributed by atoms with van der Waals surface area (Å²) in [4.78, 5) is 0. The first-order valence-corrected chi connectivity index (χ1v) is 16.1. The molecule has 0 spiro atoms. The molecular formula is C22H38Se4. The molecule has 0 bridgehead atoms. The molecule has 0 nitrogen and oxygen atoms in total. The van der Waals surface area contributed by atoms with Crippen molar-refractivity contribution >= 4 is 77.7 Å². The molecule has 0 unspecified atom stereocenters. The van der Waals surface area contributed by atoms with E-state index in [1.807, 2.05) is 0 Å². The summed E-state index contributed by atoms with van der Waals surface area (Å²) in [5, 5.41) is 0. The molecule has 1 rings (SSSR count). The molecule has 0 saturated carbocycles. The molecule has 26 heavy (non-hydrogen) atoms. The van der Waals surface area contributed by atoms with E-state index in [9.17, 15) is 0 Å². The van der Waals surface area contributed by atoms with Gasteiger partial charge in [-0.2, -0.15) is 0 Å². The zero-order chi connectivity index (χ0) is 20.6. The molecule has 0 aliphatic carbocycles. The first-order valence-electron chi connectivity index (χ1n) is 9.29. The van der Waals surface area contributed by atoms with Crippen LogP contribution in [-0.2, 0) is 0 Å². The van der Waals surface area contributed by atoms with E-state index in [4.69, 9.17) is 0 Å². The van der Waals surface area contributed by atoms with Crippen molar-refractivity contribution in [1.29, 1.82) is 0 Å². The number of rotatable bonds is 4. The third kappa shape index (κ3) is 10.7. The van der Waals surface area contributed by atoms with Gasteiger partial charge in [0.05, 0.1) is 0 Å². The molecule has 150 valence electrons. The monoisotopic (exact) mass is 622 g/mol. The van der Waals surface area contributed by atoms with Crippen LogP contribution < -0.4 is 17.8 Å². The summed E-state index contributed by atoms with van der Waals surface area (Å²) in [6.45, 7) is 28.9. The van der Waals surface area contributed by atoms with E-state index in [-0.39, 0.29) is 0 Å². The Morgan fingerprint density at radius 3 is 0.654 bits per heavy atom. The Hall–Kier alpha value is 1.30. The SMILES string of the molecule is CC(C)(C)[Se]c1cc([Se]C(C)(C)C)c([Se]C(C)(C)C)cc1[Se]C(C)(C)C. The van der Waals surface area contributed by atoms with Gasteiger partial charge < -0.3 is 0 Å². The van der Waals surface area contributed by atoms with Crippen LogP contribution >= 0.6 is 0 Å². The maximum absolute atomic E-state index is 2.65. The Morgan fingerprint density at radius 2 is 0.538 bits per heavy atom. The zero-order valence-corrected chi connectivity index (χ0v) is 25.6. The summed E-state index contributed by atoms with van der Waals surface area (Å²) >= 11 is 2.13. The molecule has 0 aromatic heterocycles. The fourth-order valence-corrected chi connectivity index (χ4v) is 13.1. The van der Waals surface area contributed by atoms with Gasteiger partial charge >= 0.3 is 190 Å². The van der Waals surface area contributed by atoms with Crippen LogP contribution in [0.2, 0.25) is 17.3 Å². The second-order valence-electron chi connectivity index (χ2n) is 10.6. The molecule has 0 atom stereocenters. The van der Waals surface area contributed by atoms with Gasteiger partial charge in [0.25, 0.3) is 0 Å². The van der Waals surface area contributed by atoms with E-state index in [0.29, 0.717) is 77.1 Å². The van der Waals surface area contributed by atoms with Gasteiger partial charge in [0, 0.05) is 0 Å². The standard InChI is InChI=1S/C22H38Se4/c1-19(2,3)23-15-13-17(25-21(7,8)9)18(26-22(10,11)12)14-16(15)24-20(4,5)6/h13-14H,1-12H3. The third-order valence-electron chi connectivity index (χ3n) is 2.67. The summed E-state index contributed by atoms with van der Waals surface area (Å²) in [6.07, 6.45) is 0. The van der Waals surface area contributed by atoms with Crippen LogP contribution in [0.1, 0.15) is 83.1 Å². The molecular weight excluding hydrogens is 580 g/mol. The van der Waals surface area contributed by atoms with Crippen LogP contribution in [0.3, 0.4) is 0 Å². The molecule has 0 heterocycles. The molecule has 0 radical (unpaired) electrons. The Labute approximate surface area is 188 Å². The van der Waals surface area contributed by atoms with Crippen molar-refractivity contribution in [3.63, 3.8) is 0 Å². The van der Waals surface area contributed by atoms with Crippen LogP contribution in [0.5, 0.6) is 0 Å². The normalized spacial score (nSPS) is 14.0. The molecule has 0 fully saturated rings. The first-order chi connectivity index (χ1) is 11.3. The van der Waals surface area contributed by atoms with Gasteiger partial charge in [-0.3, -0.25) is 0 Å². The van der Waals surface area contributed by atoms with Crippen LogP contribution in [-0.4, -0.2) is 59.8 Å². The molecule has 1 aromatic rings. The summed E-state index contributed by atoms with van der Waals surface area (Å²) in [7, 11) is 0. The molecule has 0 saturated heterocycles. The van der Waals surface area contributed by atoms with Gasteiger partial charge in [0.2, 0.25) is 0 Å². The van der Waals surface area contributed by atoms with Gasteiger partial charge in [-0.05, 0) is 0 Å². The molecule has 1 aromatic carbocycles.